The van der Waals surface area contributed by atoms with Crippen LogP contribution in [0.1, 0.15) is 23.8 Å². The van der Waals surface area contributed by atoms with Crippen LogP contribution in [0.5, 0.6) is 0 Å². The summed E-state index contributed by atoms with van der Waals surface area (Å²) in [6, 6.07) is 2.02. The van der Waals surface area contributed by atoms with E-state index in [-0.39, 0.29) is 6.61 Å². The van der Waals surface area contributed by atoms with Gasteiger partial charge in [-0.25, -0.2) is 0 Å². The fourth-order valence-electron chi connectivity index (χ4n) is 1.52. The zero-order valence-corrected chi connectivity index (χ0v) is 12.4. The molecule has 18 heavy (non-hydrogen) atoms. The highest BCUT2D eigenvalue weighted by Gasteiger charge is 2.17. The zero-order chi connectivity index (χ0) is 13.6. The lowest BCUT2D eigenvalue weighted by molar-refractivity contribution is 0.275. The fraction of sp³-hybridized carbons (Fsp3) is 0.636. The maximum absolute atomic E-state index is 11.9. The third kappa shape index (κ3) is 4.33. The van der Waals surface area contributed by atoms with Crippen LogP contribution in [0.15, 0.2) is 11.4 Å². The van der Waals surface area contributed by atoms with E-state index in [0.717, 1.165) is 11.3 Å². The minimum atomic E-state index is -3.45. The van der Waals surface area contributed by atoms with Crippen molar-refractivity contribution in [1.29, 1.82) is 0 Å². The van der Waals surface area contributed by atoms with Gasteiger partial charge in [-0.1, -0.05) is 6.92 Å². The molecule has 0 saturated carbocycles. The van der Waals surface area contributed by atoms with Crippen molar-refractivity contribution in [2.75, 3.05) is 20.2 Å². The largest absolute Gasteiger partial charge is 0.396 e. The Kier molecular flexibility index (Phi) is 6.24. The van der Waals surface area contributed by atoms with Crippen LogP contribution in [0.3, 0.4) is 0 Å². The molecule has 0 radical (unpaired) electrons. The molecule has 0 atom stereocenters. The van der Waals surface area contributed by atoms with Crippen molar-refractivity contribution in [2.45, 2.75) is 26.3 Å². The van der Waals surface area contributed by atoms with Crippen molar-refractivity contribution >= 4 is 21.5 Å². The van der Waals surface area contributed by atoms with Gasteiger partial charge in [-0.3, -0.25) is 0 Å². The molecule has 2 N–H and O–H groups in total. The summed E-state index contributed by atoms with van der Waals surface area (Å²) in [6.45, 7) is 2.68. The first-order chi connectivity index (χ1) is 8.51. The van der Waals surface area contributed by atoms with Crippen LogP contribution < -0.4 is 4.72 Å². The highest BCUT2D eigenvalue weighted by Crippen LogP contribution is 2.17. The molecule has 0 bridgehead atoms. The van der Waals surface area contributed by atoms with Gasteiger partial charge in [0.1, 0.15) is 0 Å². The van der Waals surface area contributed by atoms with Gasteiger partial charge in [-0.05, 0) is 29.9 Å². The molecule has 1 rings (SSSR count). The average Bonchev–Trinajstić information content (AvgIpc) is 2.80. The first kappa shape index (κ1) is 15.6. The van der Waals surface area contributed by atoms with Gasteiger partial charge in [0.2, 0.25) is 0 Å². The number of rotatable bonds is 8. The molecule has 0 saturated heterocycles. The zero-order valence-electron chi connectivity index (χ0n) is 10.7. The number of nitrogens with one attached hydrogen (secondary N) is 1. The molecule has 1 aromatic heterocycles. The molecule has 0 spiro atoms. The van der Waals surface area contributed by atoms with Gasteiger partial charge in [-0.15, -0.1) is 11.3 Å². The normalized spacial score (nSPS) is 12.2. The predicted octanol–water partition coefficient (Wildman–Crippen LogP) is 0.959. The van der Waals surface area contributed by atoms with Gasteiger partial charge in [0.25, 0.3) is 10.2 Å². The molecule has 0 aliphatic carbocycles. The molecule has 0 aliphatic heterocycles. The number of aryl methyl sites for hydroxylation is 1. The first-order valence-corrected chi connectivity index (χ1v) is 8.20. The van der Waals surface area contributed by atoms with Crippen molar-refractivity contribution in [3.63, 3.8) is 0 Å². The summed E-state index contributed by atoms with van der Waals surface area (Å²) >= 11 is 1.56. The molecule has 5 nitrogen and oxygen atoms in total. The van der Waals surface area contributed by atoms with Gasteiger partial charge in [0.05, 0.1) is 0 Å². The highest BCUT2D eigenvalue weighted by molar-refractivity contribution is 7.87. The van der Waals surface area contributed by atoms with Gasteiger partial charge >= 0.3 is 0 Å². The summed E-state index contributed by atoms with van der Waals surface area (Å²) in [5.41, 5.74) is 1.18. The second-order valence-corrected chi connectivity index (χ2v) is 6.81. The maximum atomic E-state index is 11.9. The Bertz CT molecular complexity index is 457. The number of thiophene rings is 1. The van der Waals surface area contributed by atoms with Crippen LogP contribution in [0.25, 0.3) is 0 Å². The Hall–Kier alpha value is -0.470. The standard InChI is InChI=1S/C11H20N2O3S2/c1-3-10-5-8-17-11(10)9-12-18(15,16)13(2)6-4-7-14/h5,8,12,14H,3-4,6-7,9H2,1-2H3. The van der Waals surface area contributed by atoms with Gasteiger partial charge < -0.3 is 5.11 Å². The molecule has 0 fully saturated rings. The van der Waals surface area contributed by atoms with Crippen LogP contribution in [0, 0.1) is 0 Å². The van der Waals surface area contributed by atoms with Crippen LogP contribution in [-0.4, -0.2) is 38.0 Å². The van der Waals surface area contributed by atoms with Crippen molar-refractivity contribution in [1.82, 2.24) is 9.03 Å². The van der Waals surface area contributed by atoms with E-state index in [4.69, 9.17) is 5.11 Å². The number of aliphatic hydroxyl groups is 1. The summed E-state index contributed by atoms with van der Waals surface area (Å²) < 4.78 is 27.5. The molecule has 0 amide bonds. The van der Waals surface area contributed by atoms with Crippen LogP contribution >= 0.6 is 11.3 Å². The predicted molar refractivity (Wildman–Crippen MR) is 73.8 cm³/mol. The molecule has 0 unspecified atom stereocenters. The van der Waals surface area contributed by atoms with E-state index in [9.17, 15) is 8.42 Å². The minimum Gasteiger partial charge on any atom is -0.396 e. The monoisotopic (exact) mass is 292 g/mol. The average molecular weight is 292 g/mol. The Morgan fingerprint density at radius 1 is 1.50 bits per heavy atom. The topological polar surface area (TPSA) is 69.6 Å². The van der Waals surface area contributed by atoms with E-state index < -0.39 is 10.2 Å². The Morgan fingerprint density at radius 3 is 2.83 bits per heavy atom. The number of hydrogen-bond donors (Lipinski definition) is 2. The molecule has 0 aromatic carbocycles. The van der Waals surface area contributed by atoms with E-state index in [1.54, 1.807) is 11.3 Å². The van der Waals surface area contributed by atoms with Crippen LogP contribution in [0.2, 0.25) is 0 Å². The SMILES string of the molecule is CCc1ccsc1CNS(=O)(=O)N(C)CCCO. The third-order valence-corrected chi connectivity index (χ3v) is 5.15. The van der Waals surface area contributed by atoms with E-state index in [2.05, 4.69) is 4.72 Å². The molecule has 0 aliphatic rings. The van der Waals surface area contributed by atoms with Crippen molar-refractivity contribution in [3.05, 3.63) is 21.9 Å². The summed E-state index contributed by atoms with van der Waals surface area (Å²) in [7, 11) is -1.95. The van der Waals surface area contributed by atoms with Gasteiger partial charge in [-0.2, -0.15) is 17.4 Å². The van der Waals surface area contributed by atoms with Crippen LogP contribution in [-0.2, 0) is 23.2 Å². The molecular weight excluding hydrogens is 272 g/mol. The Morgan fingerprint density at radius 2 is 2.22 bits per heavy atom. The van der Waals surface area contributed by atoms with Crippen molar-refractivity contribution < 1.29 is 13.5 Å². The fourth-order valence-corrected chi connectivity index (χ4v) is 3.44. The summed E-state index contributed by atoms with van der Waals surface area (Å²) in [4.78, 5) is 1.05. The number of hydrogen-bond acceptors (Lipinski definition) is 4. The van der Waals surface area contributed by atoms with E-state index >= 15 is 0 Å². The Labute approximate surface area is 113 Å². The van der Waals surface area contributed by atoms with Gasteiger partial charge in [0.15, 0.2) is 0 Å². The van der Waals surface area contributed by atoms with E-state index in [0.29, 0.717) is 19.5 Å². The molecule has 104 valence electrons. The molecule has 1 heterocycles. The summed E-state index contributed by atoms with van der Waals surface area (Å²) in [5.74, 6) is 0. The first-order valence-electron chi connectivity index (χ1n) is 5.88. The lowest BCUT2D eigenvalue weighted by Gasteiger charge is -2.17. The maximum Gasteiger partial charge on any atom is 0.279 e. The molecule has 1 aromatic rings. The lowest BCUT2D eigenvalue weighted by atomic mass is 10.2. The minimum absolute atomic E-state index is 0.00916. The van der Waals surface area contributed by atoms with Crippen molar-refractivity contribution in [3.8, 4) is 0 Å². The quantitative estimate of drug-likeness (QED) is 0.750. The highest BCUT2D eigenvalue weighted by atomic mass is 32.2. The summed E-state index contributed by atoms with van der Waals surface area (Å²) in [6.07, 6.45) is 1.34. The summed E-state index contributed by atoms with van der Waals surface area (Å²) in [5, 5.41) is 10.7. The van der Waals surface area contributed by atoms with E-state index in [1.165, 1.54) is 16.9 Å². The van der Waals surface area contributed by atoms with Gasteiger partial charge in [0, 0.05) is 31.6 Å². The Balaban J connectivity index is 2.56. The smallest absolute Gasteiger partial charge is 0.279 e. The second-order valence-electron chi connectivity index (χ2n) is 3.95. The van der Waals surface area contributed by atoms with E-state index in [1.807, 2.05) is 18.4 Å². The molecular formula is C11H20N2O3S2. The van der Waals surface area contributed by atoms with Crippen molar-refractivity contribution in [2.24, 2.45) is 0 Å². The molecule has 7 heteroatoms. The third-order valence-electron chi connectivity index (χ3n) is 2.68. The lowest BCUT2D eigenvalue weighted by Crippen LogP contribution is -2.38. The second kappa shape index (κ2) is 7.20. The number of nitrogens with zero attached hydrogens (tertiary/aromatic N) is 1. The number of aliphatic hydroxyl groups excluding tert-OH is 1. The van der Waals surface area contributed by atoms with Crippen LogP contribution in [0.4, 0.5) is 0 Å².